The van der Waals surface area contributed by atoms with Gasteiger partial charge in [-0.15, -0.1) is 0 Å². The Hall–Kier alpha value is -1.51. The maximum Gasteiger partial charge on any atom is 0.306 e. The summed E-state index contributed by atoms with van der Waals surface area (Å²) in [5.74, 6) is -2.28. The van der Waals surface area contributed by atoms with Crippen LogP contribution in [-0.4, -0.2) is 64.6 Å². The first-order valence-electron chi connectivity index (χ1n) is 7.23. The molecule has 8 heteroatoms. The van der Waals surface area contributed by atoms with E-state index in [0.717, 1.165) is 0 Å². The molecule has 0 bridgehead atoms. The number of aliphatic hydroxyl groups excluding tert-OH is 3. The van der Waals surface area contributed by atoms with E-state index < -0.39 is 49.2 Å². The Morgan fingerprint density at radius 2 is 1.55 bits per heavy atom. The molecule has 0 amide bonds. The van der Waals surface area contributed by atoms with Gasteiger partial charge in [0.05, 0.1) is 6.61 Å². The minimum Gasteiger partial charge on any atom is -0.461 e. The summed E-state index contributed by atoms with van der Waals surface area (Å²) in [7, 11) is 0. The number of ether oxygens (including phenoxy) is 2. The lowest BCUT2D eigenvalue weighted by atomic mass is 10.1. The van der Waals surface area contributed by atoms with Crippen LogP contribution in [-0.2, 0) is 23.9 Å². The van der Waals surface area contributed by atoms with Crippen LogP contribution in [0.3, 0.4) is 0 Å². The molecule has 0 aromatic heterocycles. The molecule has 0 unspecified atom stereocenters. The van der Waals surface area contributed by atoms with Crippen molar-refractivity contribution in [3.63, 3.8) is 0 Å². The third-order valence-electron chi connectivity index (χ3n) is 2.74. The van der Waals surface area contributed by atoms with Crippen molar-refractivity contribution in [2.75, 3.05) is 13.2 Å². The number of ketones is 1. The van der Waals surface area contributed by atoms with E-state index in [0.29, 0.717) is 12.8 Å². The number of esters is 2. The lowest BCUT2D eigenvalue weighted by Crippen LogP contribution is -2.45. The number of aliphatic hydroxyl groups is 3. The van der Waals surface area contributed by atoms with Crippen LogP contribution < -0.4 is 0 Å². The normalized spacial score (nSPS) is 14.8. The van der Waals surface area contributed by atoms with Gasteiger partial charge in [-0.2, -0.15) is 0 Å². The Balaban J connectivity index is 4.79. The zero-order valence-corrected chi connectivity index (χ0v) is 12.9. The highest BCUT2D eigenvalue weighted by Crippen LogP contribution is 2.07. The summed E-state index contributed by atoms with van der Waals surface area (Å²) in [6.45, 7) is 2.14. The molecule has 0 rings (SSSR count). The van der Waals surface area contributed by atoms with Crippen molar-refractivity contribution in [1.82, 2.24) is 0 Å². The largest absolute Gasteiger partial charge is 0.461 e. The molecule has 0 aromatic carbocycles. The molecule has 0 aliphatic rings. The Morgan fingerprint density at radius 1 is 1.00 bits per heavy atom. The first kappa shape index (κ1) is 20.5. The van der Waals surface area contributed by atoms with E-state index >= 15 is 0 Å². The maximum atomic E-state index is 12.0. The van der Waals surface area contributed by atoms with Crippen LogP contribution in [0.15, 0.2) is 0 Å². The average Bonchev–Trinajstić information content (AvgIpc) is 2.49. The van der Waals surface area contributed by atoms with Crippen molar-refractivity contribution in [1.29, 1.82) is 0 Å². The molecule has 0 radical (unpaired) electrons. The van der Waals surface area contributed by atoms with Crippen molar-refractivity contribution >= 4 is 17.7 Å². The van der Waals surface area contributed by atoms with Gasteiger partial charge in [-0.05, 0) is 12.8 Å². The Labute approximate surface area is 129 Å². The molecule has 3 N–H and O–H groups in total. The molecule has 128 valence electrons. The number of hydrogen-bond acceptors (Lipinski definition) is 8. The summed E-state index contributed by atoms with van der Waals surface area (Å²) >= 11 is 0. The first-order chi connectivity index (χ1) is 10.4. The molecule has 0 saturated carbocycles. The van der Waals surface area contributed by atoms with E-state index in [4.69, 9.17) is 14.6 Å². The summed E-state index contributed by atoms with van der Waals surface area (Å²) in [4.78, 5) is 34.8. The summed E-state index contributed by atoms with van der Waals surface area (Å²) in [6.07, 6.45) is -3.90. The number of hydrogen-bond donors (Lipinski definition) is 3. The van der Waals surface area contributed by atoms with Gasteiger partial charge in [-0.1, -0.05) is 13.8 Å². The topological polar surface area (TPSA) is 130 Å². The molecule has 0 saturated heterocycles. The summed E-state index contributed by atoms with van der Waals surface area (Å²) in [5.41, 5.74) is 0. The van der Waals surface area contributed by atoms with Crippen LogP contribution in [0, 0.1) is 0 Å². The lowest BCUT2D eigenvalue weighted by molar-refractivity contribution is -0.168. The van der Waals surface area contributed by atoms with E-state index in [2.05, 4.69) is 0 Å². The van der Waals surface area contributed by atoms with Crippen LogP contribution in [0.1, 0.15) is 39.5 Å². The summed E-state index contributed by atoms with van der Waals surface area (Å²) < 4.78 is 9.69. The van der Waals surface area contributed by atoms with Crippen LogP contribution in [0.2, 0.25) is 0 Å². The van der Waals surface area contributed by atoms with Gasteiger partial charge in [0, 0.05) is 12.8 Å². The second-order valence-corrected chi connectivity index (χ2v) is 4.76. The SMILES string of the molecule is CCCC(=O)OC[C@@H](OC(=O)CCC)C(=O)[C@H](O)[C@H](O)CO. The third kappa shape index (κ3) is 7.48. The molecule has 0 aromatic rings. The molecule has 0 fully saturated rings. The minimum atomic E-state index is -1.94. The molecule has 0 aliphatic carbocycles. The number of rotatable bonds is 11. The number of carbonyl (C=O) groups is 3. The van der Waals surface area contributed by atoms with Crippen LogP contribution in [0.4, 0.5) is 0 Å². The van der Waals surface area contributed by atoms with Gasteiger partial charge in [0.2, 0.25) is 5.78 Å². The van der Waals surface area contributed by atoms with Gasteiger partial charge in [-0.3, -0.25) is 14.4 Å². The van der Waals surface area contributed by atoms with E-state index in [1.54, 1.807) is 13.8 Å². The fraction of sp³-hybridized carbons (Fsp3) is 0.786. The highest BCUT2D eigenvalue weighted by molar-refractivity contribution is 5.90. The zero-order valence-electron chi connectivity index (χ0n) is 12.9. The average molecular weight is 320 g/mol. The molecule has 3 atom stereocenters. The van der Waals surface area contributed by atoms with E-state index in [1.165, 1.54) is 0 Å². The predicted molar refractivity (Wildman–Crippen MR) is 74.8 cm³/mol. The molecule has 0 aliphatic heterocycles. The van der Waals surface area contributed by atoms with Crippen molar-refractivity contribution < 1.29 is 39.2 Å². The summed E-state index contributed by atoms with van der Waals surface area (Å²) in [5, 5.41) is 27.6. The number of Topliss-reactive ketones (excluding diaryl/α,β-unsaturated/α-hetero) is 1. The highest BCUT2D eigenvalue weighted by atomic mass is 16.6. The molecular formula is C14H24O8. The van der Waals surface area contributed by atoms with Gasteiger partial charge >= 0.3 is 11.9 Å². The zero-order chi connectivity index (χ0) is 17.1. The molecular weight excluding hydrogens is 296 g/mol. The lowest BCUT2D eigenvalue weighted by Gasteiger charge is -2.21. The van der Waals surface area contributed by atoms with Gasteiger partial charge < -0.3 is 24.8 Å². The van der Waals surface area contributed by atoms with Crippen molar-refractivity contribution in [2.24, 2.45) is 0 Å². The Morgan fingerprint density at radius 3 is 2.05 bits per heavy atom. The molecule has 0 heterocycles. The second-order valence-electron chi connectivity index (χ2n) is 4.76. The first-order valence-corrected chi connectivity index (χ1v) is 7.23. The molecule has 8 nitrogen and oxygen atoms in total. The van der Waals surface area contributed by atoms with Gasteiger partial charge in [0.1, 0.15) is 18.8 Å². The third-order valence-corrected chi connectivity index (χ3v) is 2.74. The Kier molecular flexibility index (Phi) is 10.3. The highest BCUT2D eigenvalue weighted by Gasteiger charge is 2.33. The predicted octanol–water partition coefficient (Wildman–Crippen LogP) is -0.675. The van der Waals surface area contributed by atoms with Crippen LogP contribution >= 0.6 is 0 Å². The van der Waals surface area contributed by atoms with Crippen molar-refractivity contribution in [2.45, 2.75) is 57.8 Å². The van der Waals surface area contributed by atoms with E-state index in [-0.39, 0.29) is 12.8 Å². The monoisotopic (exact) mass is 320 g/mol. The van der Waals surface area contributed by atoms with E-state index in [1.807, 2.05) is 0 Å². The van der Waals surface area contributed by atoms with Crippen molar-refractivity contribution in [3.05, 3.63) is 0 Å². The maximum absolute atomic E-state index is 12.0. The fourth-order valence-electron chi connectivity index (χ4n) is 1.52. The van der Waals surface area contributed by atoms with Gasteiger partial charge in [0.25, 0.3) is 0 Å². The van der Waals surface area contributed by atoms with Gasteiger partial charge in [-0.25, -0.2) is 0 Å². The minimum absolute atomic E-state index is 0.0608. The van der Waals surface area contributed by atoms with Crippen molar-refractivity contribution in [3.8, 4) is 0 Å². The number of carbonyl (C=O) groups excluding carboxylic acids is 3. The quantitative estimate of drug-likeness (QED) is 0.427. The molecule has 0 spiro atoms. The second kappa shape index (κ2) is 11.1. The van der Waals surface area contributed by atoms with Gasteiger partial charge in [0.15, 0.2) is 6.10 Å². The fourth-order valence-corrected chi connectivity index (χ4v) is 1.52. The van der Waals surface area contributed by atoms with Crippen LogP contribution in [0.5, 0.6) is 0 Å². The smallest absolute Gasteiger partial charge is 0.306 e. The summed E-state index contributed by atoms with van der Waals surface area (Å²) in [6, 6.07) is 0. The van der Waals surface area contributed by atoms with E-state index in [9.17, 15) is 24.6 Å². The van der Waals surface area contributed by atoms with Crippen LogP contribution in [0.25, 0.3) is 0 Å². The molecule has 22 heavy (non-hydrogen) atoms. The Bertz CT molecular complexity index is 368. The standard InChI is InChI=1S/C14H24O8/c1-3-5-11(17)21-8-10(22-12(18)6-4-2)14(20)13(19)9(16)7-15/h9-10,13,15-16,19H,3-8H2,1-2H3/t9-,10-,13-/m1/s1.